The summed E-state index contributed by atoms with van der Waals surface area (Å²) in [4.78, 5) is 15.4. The number of pyridine rings is 1. The number of hydrogen-bond donors (Lipinski definition) is 0. The number of aromatic nitrogens is 1. The Balaban J connectivity index is 1.67. The summed E-state index contributed by atoms with van der Waals surface area (Å²) in [6, 6.07) is 3.66. The van der Waals surface area contributed by atoms with E-state index in [0.717, 1.165) is 17.1 Å². The first kappa shape index (κ1) is 17.6. The molecule has 0 N–H and O–H groups in total. The molecule has 1 aliphatic carbocycles. The lowest BCUT2D eigenvalue weighted by molar-refractivity contribution is -0.141. The van der Waals surface area contributed by atoms with E-state index in [-0.39, 0.29) is 4.58 Å². The second-order valence-electron chi connectivity index (χ2n) is 5.47. The quantitative estimate of drug-likeness (QED) is 0.443. The van der Waals surface area contributed by atoms with Crippen LogP contribution in [-0.2, 0) is 9.53 Å². The lowest BCUT2D eigenvalue weighted by Gasteiger charge is -2.39. The predicted octanol–water partition coefficient (Wildman–Crippen LogP) is 4.31. The smallest absolute Gasteiger partial charge is 0.331 e. The molecule has 126 valence electrons. The van der Waals surface area contributed by atoms with Crippen LogP contribution in [0.1, 0.15) is 12.0 Å². The normalized spacial score (nSPS) is 27.5. The molecule has 1 aromatic rings. The van der Waals surface area contributed by atoms with Crippen LogP contribution in [0.2, 0.25) is 0 Å². The summed E-state index contributed by atoms with van der Waals surface area (Å²) in [7, 11) is 0. The van der Waals surface area contributed by atoms with Crippen molar-refractivity contribution < 1.29 is 9.53 Å². The van der Waals surface area contributed by atoms with Gasteiger partial charge >= 0.3 is 5.97 Å². The van der Waals surface area contributed by atoms with Gasteiger partial charge in [0, 0.05) is 18.5 Å². The second kappa shape index (κ2) is 8.28. The van der Waals surface area contributed by atoms with Gasteiger partial charge in [-0.1, -0.05) is 18.2 Å². The Morgan fingerprint density at radius 1 is 1.29 bits per heavy atom. The van der Waals surface area contributed by atoms with Crippen molar-refractivity contribution in [3.8, 4) is 0 Å². The van der Waals surface area contributed by atoms with Gasteiger partial charge in [-0.05, 0) is 47.8 Å². The summed E-state index contributed by atoms with van der Waals surface area (Å²) >= 11 is 10.6. The zero-order valence-electron chi connectivity index (χ0n) is 13.0. The highest BCUT2D eigenvalue weighted by molar-refractivity contribution is 8.17. The third-order valence-electron chi connectivity index (χ3n) is 3.73. The van der Waals surface area contributed by atoms with Crippen LogP contribution in [0, 0.1) is 0 Å². The number of ether oxygens (including phenoxy) is 1. The van der Waals surface area contributed by atoms with Crippen molar-refractivity contribution in [3.63, 3.8) is 0 Å². The second-order valence-corrected chi connectivity index (χ2v) is 8.85. The van der Waals surface area contributed by atoms with Crippen LogP contribution in [0.3, 0.4) is 0 Å². The fourth-order valence-corrected chi connectivity index (χ4v) is 6.20. The van der Waals surface area contributed by atoms with Crippen LogP contribution in [0.5, 0.6) is 0 Å². The number of thioether (sulfide) groups is 2. The van der Waals surface area contributed by atoms with Gasteiger partial charge in [0.2, 0.25) is 0 Å². The minimum atomic E-state index is -0.704. The van der Waals surface area contributed by atoms with E-state index in [0.29, 0.717) is 0 Å². The van der Waals surface area contributed by atoms with Gasteiger partial charge in [-0.15, -0.1) is 35.1 Å². The van der Waals surface area contributed by atoms with Crippen molar-refractivity contribution in [3.05, 3.63) is 60.5 Å². The van der Waals surface area contributed by atoms with E-state index >= 15 is 0 Å². The number of carbonyl (C=O) groups is 1. The van der Waals surface area contributed by atoms with Gasteiger partial charge in [-0.3, -0.25) is 4.98 Å². The Kier molecular flexibility index (Phi) is 6.09. The molecule has 2 unspecified atom stereocenters. The monoisotopic (exact) mass is 379 g/mol. The first-order valence-corrected chi connectivity index (χ1v) is 10.2. The third kappa shape index (κ3) is 4.26. The molecular formula is C18H18ClNO2S2. The molecule has 3 rings (SSSR count). The number of alkyl halides is 1. The van der Waals surface area contributed by atoms with Crippen molar-refractivity contribution in [2.24, 2.45) is 0 Å². The molecule has 1 saturated heterocycles. The molecule has 2 heterocycles. The van der Waals surface area contributed by atoms with E-state index in [1.54, 1.807) is 18.5 Å². The van der Waals surface area contributed by atoms with Crippen LogP contribution in [0.4, 0.5) is 0 Å². The van der Waals surface area contributed by atoms with E-state index < -0.39 is 16.9 Å². The summed E-state index contributed by atoms with van der Waals surface area (Å²) in [5.74, 6) is 1.78. The Hall–Kier alpha value is -1.17. The molecule has 2 atom stereocenters. The number of allylic oxidation sites excluding steroid dienone is 2. The van der Waals surface area contributed by atoms with E-state index in [4.69, 9.17) is 16.3 Å². The maximum absolute atomic E-state index is 12.2. The Morgan fingerprint density at radius 3 is 2.79 bits per heavy atom. The van der Waals surface area contributed by atoms with Gasteiger partial charge in [-0.25, -0.2) is 4.79 Å². The molecule has 0 amide bonds. The van der Waals surface area contributed by atoms with Crippen LogP contribution < -0.4 is 0 Å². The molecule has 0 aromatic carbocycles. The molecule has 1 fully saturated rings. The molecular weight excluding hydrogens is 362 g/mol. The predicted molar refractivity (Wildman–Crippen MR) is 103 cm³/mol. The molecule has 1 aliphatic heterocycles. The first-order valence-electron chi connectivity index (χ1n) is 7.75. The van der Waals surface area contributed by atoms with Gasteiger partial charge in [0.25, 0.3) is 0 Å². The highest BCUT2D eigenvalue weighted by Gasteiger charge is 2.45. The largest absolute Gasteiger partial charge is 0.453 e. The zero-order chi connectivity index (χ0) is 16.8. The van der Waals surface area contributed by atoms with E-state index in [1.165, 1.54) is 12.5 Å². The maximum Gasteiger partial charge on any atom is 0.331 e. The highest BCUT2D eigenvalue weighted by Crippen LogP contribution is 2.46. The SMILES string of the molecule is O=C(/C=C/c1ccncc1)OC1C=CC=CC1(Cl)C1SCCCS1. The average molecular weight is 380 g/mol. The highest BCUT2D eigenvalue weighted by atomic mass is 35.5. The summed E-state index contributed by atoms with van der Waals surface area (Å²) in [6.45, 7) is 0. The van der Waals surface area contributed by atoms with Crippen LogP contribution in [-0.4, -0.2) is 38.0 Å². The van der Waals surface area contributed by atoms with E-state index in [9.17, 15) is 4.79 Å². The standard InChI is InChI=1S/C18H18ClNO2S2/c19-18(17-23-12-3-13-24-17)9-2-1-4-15(18)22-16(21)6-5-14-7-10-20-11-8-14/h1-2,4-11,15,17H,3,12-13H2/b6-5+. The zero-order valence-corrected chi connectivity index (χ0v) is 15.4. The Labute approximate surface area is 155 Å². The van der Waals surface area contributed by atoms with Gasteiger partial charge < -0.3 is 4.74 Å². The maximum atomic E-state index is 12.2. The van der Waals surface area contributed by atoms with E-state index in [1.807, 2.05) is 60.0 Å². The van der Waals surface area contributed by atoms with E-state index in [2.05, 4.69) is 4.98 Å². The van der Waals surface area contributed by atoms with Crippen LogP contribution in [0.15, 0.2) is 54.9 Å². The topological polar surface area (TPSA) is 39.2 Å². The molecule has 0 saturated carbocycles. The number of rotatable bonds is 4. The average Bonchev–Trinajstić information content (AvgIpc) is 2.64. The van der Waals surface area contributed by atoms with Crippen LogP contribution in [0.25, 0.3) is 6.08 Å². The Bertz CT molecular complexity index is 656. The summed E-state index contributed by atoms with van der Waals surface area (Å²) < 4.78 is 5.82. The molecule has 6 heteroatoms. The van der Waals surface area contributed by atoms with Gasteiger partial charge in [0.15, 0.2) is 0 Å². The summed E-state index contributed by atoms with van der Waals surface area (Å²) in [5, 5.41) is 0. The molecule has 0 bridgehead atoms. The first-order chi connectivity index (χ1) is 11.7. The van der Waals surface area contributed by atoms with Crippen molar-refractivity contribution in [1.29, 1.82) is 0 Å². The minimum Gasteiger partial charge on any atom is -0.453 e. The number of nitrogens with zero attached hydrogens (tertiary/aromatic N) is 1. The van der Waals surface area contributed by atoms with Gasteiger partial charge in [-0.2, -0.15) is 0 Å². The number of carbonyl (C=O) groups excluding carboxylic acids is 1. The number of esters is 1. The van der Waals surface area contributed by atoms with Crippen LogP contribution >= 0.6 is 35.1 Å². The van der Waals surface area contributed by atoms with Gasteiger partial charge in [0.1, 0.15) is 11.0 Å². The molecule has 0 radical (unpaired) electrons. The molecule has 2 aliphatic rings. The lowest BCUT2D eigenvalue weighted by Crippen LogP contribution is -2.46. The van der Waals surface area contributed by atoms with Crippen molar-refractivity contribution in [1.82, 2.24) is 4.98 Å². The van der Waals surface area contributed by atoms with Crippen molar-refractivity contribution in [2.75, 3.05) is 11.5 Å². The van der Waals surface area contributed by atoms with Gasteiger partial charge in [0.05, 0.1) is 4.58 Å². The minimum absolute atomic E-state index is 0.177. The molecule has 3 nitrogen and oxygen atoms in total. The van der Waals surface area contributed by atoms with Crippen molar-refractivity contribution >= 4 is 47.2 Å². The molecule has 0 spiro atoms. The molecule has 24 heavy (non-hydrogen) atoms. The summed E-state index contributed by atoms with van der Waals surface area (Å²) in [5.41, 5.74) is 0.900. The third-order valence-corrected chi connectivity index (χ3v) is 7.80. The Morgan fingerprint density at radius 2 is 2.04 bits per heavy atom. The van der Waals surface area contributed by atoms with Crippen molar-refractivity contribution in [2.45, 2.75) is 22.0 Å². The molecule has 1 aromatic heterocycles. The lowest BCUT2D eigenvalue weighted by atomic mass is 9.98. The fraction of sp³-hybridized carbons (Fsp3) is 0.333. The fourth-order valence-electron chi connectivity index (χ4n) is 2.50. The number of hydrogen-bond acceptors (Lipinski definition) is 5. The summed E-state index contributed by atoms with van der Waals surface area (Å²) in [6.07, 6.45) is 14.9. The number of halogens is 1.